The number of anilines is 2. The number of amides is 2. The molecule has 1 saturated heterocycles. The van der Waals surface area contributed by atoms with Crippen LogP contribution in [0.15, 0.2) is 24.4 Å². The summed E-state index contributed by atoms with van der Waals surface area (Å²) < 4.78 is 5.20. The number of rotatable bonds is 8. The smallest absolute Gasteiger partial charge is 0.341 e. The van der Waals surface area contributed by atoms with Crippen LogP contribution in [0.2, 0.25) is 0 Å². The quantitative estimate of drug-likeness (QED) is 0.588. The summed E-state index contributed by atoms with van der Waals surface area (Å²) >= 11 is 1.41. The first-order valence-corrected chi connectivity index (χ1v) is 11.8. The maximum atomic E-state index is 12.7. The van der Waals surface area contributed by atoms with Crippen LogP contribution in [-0.4, -0.2) is 53.9 Å². The second-order valence-electron chi connectivity index (χ2n) is 7.72. The molecule has 2 aromatic heterocycles. The molecular weight excluding hydrogens is 428 g/mol. The lowest BCUT2D eigenvalue weighted by atomic mass is 9.96. The predicted octanol–water partition coefficient (Wildman–Crippen LogP) is 3.48. The minimum Gasteiger partial charge on any atom is -0.462 e. The van der Waals surface area contributed by atoms with E-state index in [1.807, 2.05) is 24.8 Å². The van der Waals surface area contributed by atoms with Crippen LogP contribution in [0.25, 0.3) is 0 Å². The summed E-state index contributed by atoms with van der Waals surface area (Å²) in [5.41, 5.74) is 1.39. The normalized spacial score (nSPS) is 14.7. The summed E-state index contributed by atoms with van der Waals surface area (Å²) in [4.78, 5) is 44.8. The van der Waals surface area contributed by atoms with Gasteiger partial charge in [-0.3, -0.25) is 14.5 Å². The third kappa shape index (κ3) is 5.92. The monoisotopic (exact) mass is 458 g/mol. The Labute approximate surface area is 192 Å². The zero-order valence-corrected chi connectivity index (χ0v) is 19.6. The summed E-state index contributed by atoms with van der Waals surface area (Å²) in [6, 6.07) is 5.39. The summed E-state index contributed by atoms with van der Waals surface area (Å²) in [6.45, 7) is 7.51. The fourth-order valence-corrected chi connectivity index (χ4v) is 5.05. The molecule has 3 rings (SSSR count). The van der Waals surface area contributed by atoms with Crippen molar-refractivity contribution in [2.24, 2.45) is 5.92 Å². The molecule has 1 fully saturated rings. The highest BCUT2D eigenvalue weighted by Gasteiger charge is 2.27. The molecule has 0 bridgehead atoms. The van der Waals surface area contributed by atoms with Gasteiger partial charge in [-0.15, -0.1) is 11.3 Å². The number of carbonyl (C=O) groups is 3. The van der Waals surface area contributed by atoms with Gasteiger partial charge in [-0.25, -0.2) is 9.78 Å². The second-order valence-corrected chi connectivity index (χ2v) is 8.94. The lowest BCUT2D eigenvalue weighted by molar-refractivity contribution is -0.121. The van der Waals surface area contributed by atoms with Crippen molar-refractivity contribution in [3.8, 4) is 0 Å². The third-order valence-corrected chi connectivity index (χ3v) is 6.60. The maximum absolute atomic E-state index is 12.7. The van der Waals surface area contributed by atoms with Crippen LogP contribution in [0.4, 0.5) is 10.8 Å². The van der Waals surface area contributed by atoms with Crippen molar-refractivity contribution in [2.75, 3.05) is 36.9 Å². The Hall–Kier alpha value is -2.78. The van der Waals surface area contributed by atoms with Crippen molar-refractivity contribution in [2.45, 2.75) is 40.0 Å². The third-order valence-electron chi connectivity index (χ3n) is 5.54. The predicted molar refractivity (Wildman–Crippen MR) is 125 cm³/mol. The average molecular weight is 459 g/mol. The topological polar surface area (TPSA) is 101 Å². The molecule has 0 atom stereocenters. The molecule has 32 heavy (non-hydrogen) atoms. The summed E-state index contributed by atoms with van der Waals surface area (Å²) in [5.74, 6) is -0.152. The number of nitrogens with one attached hydrogen (secondary N) is 2. The standard InChI is InChI=1S/C23H30N4O4S/c1-4-17-15(3)32-22(20(17)23(30)31-5-2)26-19(28)14-27-12-9-16(10-13-27)21(29)25-18-8-6-7-11-24-18/h6-8,11,16H,4-5,9-10,12-14H2,1-3H3,(H,26,28)(H,24,25,29). The van der Waals surface area contributed by atoms with Crippen LogP contribution in [0.1, 0.15) is 47.5 Å². The van der Waals surface area contributed by atoms with E-state index >= 15 is 0 Å². The first-order chi connectivity index (χ1) is 15.4. The number of nitrogens with zero attached hydrogens (tertiary/aromatic N) is 2. The highest BCUT2D eigenvalue weighted by atomic mass is 32.1. The Morgan fingerprint density at radius 3 is 2.56 bits per heavy atom. The molecule has 2 amide bonds. The van der Waals surface area contributed by atoms with E-state index in [2.05, 4.69) is 15.6 Å². The van der Waals surface area contributed by atoms with Gasteiger partial charge < -0.3 is 15.4 Å². The molecule has 1 aliphatic heterocycles. The Bertz CT molecular complexity index is 952. The molecule has 0 unspecified atom stereocenters. The molecule has 2 aromatic rings. The molecule has 8 nitrogen and oxygen atoms in total. The zero-order valence-electron chi connectivity index (χ0n) is 18.8. The number of carbonyl (C=O) groups excluding carboxylic acids is 3. The SMILES string of the molecule is CCOC(=O)c1c(NC(=O)CN2CCC(C(=O)Nc3ccccn3)CC2)sc(C)c1CC. The lowest BCUT2D eigenvalue weighted by Gasteiger charge is -2.30. The maximum Gasteiger partial charge on any atom is 0.341 e. The van der Waals surface area contributed by atoms with Crippen molar-refractivity contribution in [3.05, 3.63) is 40.4 Å². The van der Waals surface area contributed by atoms with Crippen LogP contribution in [0.3, 0.4) is 0 Å². The highest BCUT2D eigenvalue weighted by Crippen LogP contribution is 2.34. The lowest BCUT2D eigenvalue weighted by Crippen LogP contribution is -2.41. The van der Waals surface area contributed by atoms with E-state index in [1.54, 1.807) is 25.3 Å². The van der Waals surface area contributed by atoms with Gasteiger partial charge in [0.15, 0.2) is 0 Å². The second kappa shape index (κ2) is 11.2. The summed E-state index contributed by atoms with van der Waals surface area (Å²) in [5, 5.41) is 6.31. The summed E-state index contributed by atoms with van der Waals surface area (Å²) in [7, 11) is 0. The average Bonchev–Trinajstić information content (AvgIpc) is 3.09. The van der Waals surface area contributed by atoms with Gasteiger partial charge >= 0.3 is 5.97 Å². The van der Waals surface area contributed by atoms with Crippen molar-refractivity contribution in [3.63, 3.8) is 0 Å². The number of likely N-dealkylation sites (tertiary alicyclic amines) is 1. The van der Waals surface area contributed by atoms with Gasteiger partial charge in [0, 0.05) is 17.0 Å². The molecule has 0 saturated carbocycles. The highest BCUT2D eigenvalue weighted by molar-refractivity contribution is 7.16. The number of pyridine rings is 1. The van der Waals surface area contributed by atoms with Crippen LogP contribution in [0.5, 0.6) is 0 Å². The van der Waals surface area contributed by atoms with Gasteiger partial charge in [-0.05, 0) is 63.9 Å². The number of aromatic nitrogens is 1. The zero-order chi connectivity index (χ0) is 23.1. The van der Waals surface area contributed by atoms with E-state index in [0.29, 0.717) is 48.7 Å². The van der Waals surface area contributed by atoms with Gasteiger partial charge in [0.2, 0.25) is 11.8 Å². The van der Waals surface area contributed by atoms with E-state index in [9.17, 15) is 14.4 Å². The first-order valence-electron chi connectivity index (χ1n) is 11.0. The number of aryl methyl sites for hydroxylation is 1. The van der Waals surface area contributed by atoms with Gasteiger partial charge in [0.05, 0.1) is 18.7 Å². The molecule has 2 N–H and O–H groups in total. The van der Waals surface area contributed by atoms with Crippen LogP contribution < -0.4 is 10.6 Å². The van der Waals surface area contributed by atoms with E-state index < -0.39 is 5.97 Å². The van der Waals surface area contributed by atoms with E-state index in [0.717, 1.165) is 10.4 Å². The molecule has 0 spiro atoms. The molecule has 3 heterocycles. The van der Waals surface area contributed by atoms with Crippen molar-refractivity contribution >= 4 is 39.9 Å². The number of hydrogen-bond donors (Lipinski definition) is 2. The number of piperidine rings is 1. The number of thiophene rings is 1. The van der Waals surface area contributed by atoms with Crippen LogP contribution in [0, 0.1) is 12.8 Å². The Balaban J connectivity index is 1.53. The molecule has 172 valence electrons. The molecule has 0 aromatic carbocycles. The van der Waals surface area contributed by atoms with E-state index in [-0.39, 0.29) is 30.9 Å². The number of ether oxygens (including phenoxy) is 1. The van der Waals surface area contributed by atoms with Gasteiger partial charge in [-0.2, -0.15) is 0 Å². The van der Waals surface area contributed by atoms with E-state index in [4.69, 9.17) is 4.74 Å². The van der Waals surface area contributed by atoms with Crippen molar-refractivity contribution < 1.29 is 19.1 Å². The van der Waals surface area contributed by atoms with Gasteiger partial charge in [0.1, 0.15) is 10.8 Å². The van der Waals surface area contributed by atoms with Crippen molar-refractivity contribution in [1.29, 1.82) is 0 Å². The van der Waals surface area contributed by atoms with Crippen LogP contribution >= 0.6 is 11.3 Å². The van der Waals surface area contributed by atoms with Gasteiger partial charge in [-0.1, -0.05) is 13.0 Å². The van der Waals surface area contributed by atoms with Crippen molar-refractivity contribution in [1.82, 2.24) is 9.88 Å². The molecule has 9 heteroatoms. The summed E-state index contributed by atoms with van der Waals surface area (Å²) in [6.07, 6.45) is 3.69. The molecule has 0 radical (unpaired) electrons. The Morgan fingerprint density at radius 2 is 1.94 bits per heavy atom. The fourth-order valence-electron chi connectivity index (χ4n) is 3.90. The number of hydrogen-bond acceptors (Lipinski definition) is 7. The minimum atomic E-state index is -0.399. The molecule has 0 aliphatic carbocycles. The van der Waals surface area contributed by atoms with Gasteiger partial charge in [0.25, 0.3) is 0 Å². The Kier molecular flexibility index (Phi) is 8.35. The van der Waals surface area contributed by atoms with Crippen LogP contribution in [-0.2, 0) is 20.7 Å². The molecule has 1 aliphatic rings. The number of esters is 1. The molecular formula is C23H30N4O4S. The fraction of sp³-hybridized carbons (Fsp3) is 0.478. The van der Waals surface area contributed by atoms with E-state index in [1.165, 1.54) is 11.3 Å². The Morgan fingerprint density at radius 1 is 1.19 bits per heavy atom. The minimum absolute atomic E-state index is 0.0342. The first kappa shape index (κ1) is 23.9. The largest absolute Gasteiger partial charge is 0.462 e.